The normalized spacial score (nSPS) is 10.4. The predicted octanol–water partition coefficient (Wildman–Crippen LogP) is 3.25. The van der Waals surface area contributed by atoms with Crippen molar-refractivity contribution in [2.75, 3.05) is 18.9 Å². The summed E-state index contributed by atoms with van der Waals surface area (Å²) in [4.78, 5) is 4.41. The molecule has 6 nitrogen and oxygen atoms in total. The van der Waals surface area contributed by atoms with Gasteiger partial charge in [-0.05, 0) is 54.4 Å². The third-order valence-electron chi connectivity index (χ3n) is 4.22. The average Bonchev–Trinajstić information content (AvgIpc) is 2.69. The molecule has 6 heteroatoms. The van der Waals surface area contributed by atoms with E-state index in [2.05, 4.69) is 11.1 Å². The summed E-state index contributed by atoms with van der Waals surface area (Å²) in [5.41, 5.74) is 10.2. The molecule has 0 unspecified atom stereocenters. The fourth-order valence-electron chi connectivity index (χ4n) is 2.95. The number of benzene rings is 2. The van der Waals surface area contributed by atoms with Crippen molar-refractivity contribution in [3.05, 3.63) is 59.7 Å². The van der Waals surface area contributed by atoms with Gasteiger partial charge in [-0.15, -0.1) is 0 Å². The van der Waals surface area contributed by atoms with Crippen LogP contribution < -0.4 is 10.5 Å². The Balaban J connectivity index is 2.13. The Hall–Kier alpha value is -3.56. The molecule has 0 amide bonds. The lowest BCUT2D eigenvalue weighted by molar-refractivity contribution is 0.201. The van der Waals surface area contributed by atoms with Crippen LogP contribution in [0, 0.1) is 18.3 Å². The topological polar surface area (TPSA) is 112 Å². The fraction of sp³-hybridized carbons (Fsp3) is 0.143. The number of aliphatic hydroxyl groups excluding tert-OH is 1. The van der Waals surface area contributed by atoms with Crippen LogP contribution in [-0.4, -0.2) is 28.4 Å². The van der Waals surface area contributed by atoms with E-state index in [-0.39, 0.29) is 24.8 Å². The van der Waals surface area contributed by atoms with Crippen molar-refractivity contribution in [2.45, 2.75) is 6.92 Å². The van der Waals surface area contributed by atoms with Gasteiger partial charge in [-0.1, -0.05) is 12.1 Å². The summed E-state index contributed by atoms with van der Waals surface area (Å²) < 4.78 is 5.39. The molecule has 1 aromatic heterocycles. The van der Waals surface area contributed by atoms with E-state index in [0.717, 1.165) is 16.7 Å². The lowest BCUT2D eigenvalue weighted by Crippen LogP contribution is -2.04. The second-order valence-electron chi connectivity index (χ2n) is 5.98. The second kappa shape index (κ2) is 7.77. The number of phenolic OH excluding ortho intramolecular Hbond substituents is 1. The predicted molar refractivity (Wildman–Crippen MR) is 103 cm³/mol. The number of aromatic hydroxyl groups is 1. The zero-order valence-electron chi connectivity index (χ0n) is 14.8. The molecule has 0 saturated heterocycles. The van der Waals surface area contributed by atoms with Crippen molar-refractivity contribution < 1.29 is 14.9 Å². The number of ether oxygens (including phenoxy) is 1. The van der Waals surface area contributed by atoms with Gasteiger partial charge in [0.1, 0.15) is 35.6 Å². The molecule has 0 spiro atoms. The number of nitriles is 1. The fourth-order valence-corrected chi connectivity index (χ4v) is 2.95. The maximum atomic E-state index is 9.60. The lowest BCUT2D eigenvalue weighted by Gasteiger charge is -2.15. The van der Waals surface area contributed by atoms with Crippen LogP contribution in [-0.2, 0) is 0 Å². The minimum atomic E-state index is -0.0592. The van der Waals surface area contributed by atoms with Gasteiger partial charge in [0.25, 0.3) is 0 Å². The summed E-state index contributed by atoms with van der Waals surface area (Å²) in [5, 5.41) is 28.0. The van der Waals surface area contributed by atoms with Gasteiger partial charge in [-0.3, -0.25) is 0 Å². The summed E-state index contributed by atoms with van der Waals surface area (Å²) in [7, 11) is 0. The third-order valence-corrected chi connectivity index (χ3v) is 4.22. The molecule has 2 aromatic carbocycles. The zero-order valence-corrected chi connectivity index (χ0v) is 14.8. The Labute approximate surface area is 157 Å². The number of rotatable bonds is 5. The van der Waals surface area contributed by atoms with Gasteiger partial charge in [0.15, 0.2) is 0 Å². The number of hydrogen-bond donors (Lipinski definition) is 3. The van der Waals surface area contributed by atoms with Crippen LogP contribution in [0.25, 0.3) is 22.4 Å². The second-order valence-corrected chi connectivity index (χ2v) is 5.98. The maximum Gasteiger partial charge on any atom is 0.142 e. The summed E-state index contributed by atoms with van der Waals surface area (Å²) in [5.74, 6) is 0.947. The van der Waals surface area contributed by atoms with Crippen LogP contribution in [0.5, 0.6) is 11.5 Å². The van der Waals surface area contributed by atoms with Crippen LogP contribution in [0.4, 0.5) is 5.82 Å². The van der Waals surface area contributed by atoms with Gasteiger partial charge < -0.3 is 20.7 Å². The van der Waals surface area contributed by atoms with Gasteiger partial charge in [0, 0.05) is 11.1 Å². The van der Waals surface area contributed by atoms with Crippen LogP contribution >= 0.6 is 0 Å². The first kappa shape index (κ1) is 18.2. The van der Waals surface area contributed by atoms with E-state index in [1.54, 1.807) is 36.4 Å². The van der Waals surface area contributed by atoms with E-state index in [0.29, 0.717) is 22.6 Å². The highest BCUT2D eigenvalue weighted by Crippen LogP contribution is 2.36. The standard InChI is InChI=1S/C21H19N3O3/c1-13-19(14-4-8-17(9-5-14)27-11-10-25)18(12-22)21(23)24-20(13)15-2-6-16(26)7-3-15/h2-9,25-26H,10-11H2,1H3,(H2,23,24). The molecule has 4 N–H and O–H groups in total. The largest absolute Gasteiger partial charge is 0.508 e. The first-order chi connectivity index (χ1) is 13.0. The maximum absolute atomic E-state index is 9.60. The Kier molecular flexibility index (Phi) is 5.25. The molecule has 0 atom stereocenters. The molecule has 3 rings (SSSR count). The van der Waals surface area contributed by atoms with E-state index in [1.165, 1.54) is 0 Å². The average molecular weight is 361 g/mol. The molecule has 0 bridgehead atoms. The first-order valence-corrected chi connectivity index (χ1v) is 8.38. The summed E-state index contributed by atoms with van der Waals surface area (Å²) in [6, 6.07) is 16.1. The van der Waals surface area contributed by atoms with Gasteiger partial charge in [0.2, 0.25) is 0 Å². The van der Waals surface area contributed by atoms with Crippen molar-refractivity contribution >= 4 is 5.82 Å². The van der Waals surface area contributed by atoms with Crippen molar-refractivity contribution in [3.8, 4) is 40.0 Å². The number of anilines is 1. The Morgan fingerprint density at radius 3 is 2.30 bits per heavy atom. The van der Waals surface area contributed by atoms with Crippen LogP contribution in [0.1, 0.15) is 11.1 Å². The zero-order chi connectivity index (χ0) is 19.4. The van der Waals surface area contributed by atoms with Crippen molar-refractivity contribution in [1.82, 2.24) is 4.98 Å². The highest BCUT2D eigenvalue weighted by molar-refractivity contribution is 5.84. The minimum Gasteiger partial charge on any atom is -0.508 e. The summed E-state index contributed by atoms with van der Waals surface area (Å²) in [6.45, 7) is 2.05. The first-order valence-electron chi connectivity index (χ1n) is 8.38. The molecule has 0 saturated carbocycles. The van der Waals surface area contributed by atoms with Gasteiger partial charge >= 0.3 is 0 Å². The van der Waals surface area contributed by atoms with E-state index < -0.39 is 0 Å². The number of nitrogens with zero attached hydrogens (tertiary/aromatic N) is 2. The number of aromatic nitrogens is 1. The van der Waals surface area contributed by atoms with Gasteiger partial charge in [-0.2, -0.15) is 5.26 Å². The highest BCUT2D eigenvalue weighted by Gasteiger charge is 2.18. The van der Waals surface area contributed by atoms with Crippen LogP contribution in [0.15, 0.2) is 48.5 Å². The Bertz CT molecular complexity index is 991. The van der Waals surface area contributed by atoms with E-state index >= 15 is 0 Å². The Morgan fingerprint density at radius 1 is 1.07 bits per heavy atom. The monoisotopic (exact) mass is 361 g/mol. The summed E-state index contributed by atoms with van der Waals surface area (Å²) in [6.07, 6.45) is 0. The van der Waals surface area contributed by atoms with Gasteiger partial charge in [0.05, 0.1) is 12.3 Å². The minimum absolute atomic E-state index is 0.0592. The molecule has 0 radical (unpaired) electrons. The molecule has 0 aliphatic rings. The van der Waals surface area contributed by atoms with Crippen LogP contribution in [0.2, 0.25) is 0 Å². The SMILES string of the molecule is Cc1c(-c2ccc(O)cc2)nc(N)c(C#N)c1-c1ccc(OCCO)cc1. The molecule has 0 aliphatic carbocycles. The molecule has 136 valence electrons. The van der Waals surface area contributed by atoms with Crippen LogP contribution in [0.3, 0.4) is 0 Å². The molecule has 3 aromatic rings. The van der Waals surface area contributed by atoms with Crippen molar-refractivity contribution in [1.29, 1.82) is 5.26 Å². The number of aliphatic hydroxyl groups is 1. The van der Waals surface area contributed by atoms with Crippen molar-refractivity contribution in [3.63, 3.8) is 0 Å². The number of hydrogen-bond acceptors (Lipinski definition) is 6. The van der Waals surface area contributed by atoms with E-state index in [1.807, 2.05) is 19.1 Å². The van der Waals surface area contributed by atoms with E-state index in [4.69, 9.17) is 15.6 Å². The third kappa shape index (κ3) is 3.68. The lowest BCUT2D eigenvalue weighted by atomic mass is 9.93. The quantitative estimate of drug-likeness (QED) is 0.643. The van der Waals surface area contributed by atoms with E-state index in [9.17, 15) is 10.4 Å². The number of nitrogens with two attached hydrogens (primary N) is 1. The summed E-state index contributed by atoms with van der Waals surface area (Å²) >= 11 is 0. The van der Waals surface area contributed by atoms with Crippen molar-refractivity contribution in [2.24, 2.45) is 0 Å². The molecule has 1 heterocycles. The Morgan fingerprint density at radius 2 is 1.70 bits per heavy atom. The molecule has 0 aliphatic heterocycles. The molecule has 0 fully saturated rings. The molecular weight excluding hydrogens is 342 g/mol. The smallest absolute Gasteiger partial charge is 0.142 e. The number of pyridine rings is 1. The molecular formula is C21H19N3O3. The molecule has 27 heavy (non-hydrogen) atoms. The number of phenols is 1. The van der Waals surface area contributed by atoms with Gasteiger partial charge in [-0.25, -0.2) is 4.98 Å². The number of nitrogen functional groups attached to an aromatic ring is 1. The highest BCUT2D eigenvalue weighted by atomic mass is 16.5.